The van der Waals surface area contributed by atoms with Gasteiger partial charge in [-0.05, 0) is 23.8 Å². The summed E-state index contributed by atoms with van der Waals surface area (Å²) in [6.07, 6.45) is 0.300. The SMILES string of the molecule is O=C(CCNc1ccccc1[N+](=O)[O-])N1CCN(Cc2ccc3c(c2)OCCO3)CC1. The summed E-state index contributed by atoms with van der Waals surface area (Å²) in [6.45, 7) is 5.28. The van der Waals surface area contributed by atoms with Crippen LogP contribution in [-0.4, -0.2) is 66.6 Å². The lowest BCUT2D eigenvalue weighted by atomic mass is 10.1. The van der Waals surface area contributed by atoms with Crippen molar-refractivity contribution in [3.63, 3.8) is 0 Å². The molecule has 0 unspecified atom stereocenters. The molecule has 2 aliphatic rings. The maximum absolute atomic E-state index is 12.5. The third-order valence-corrected chi connectivity index (χ3v) is 5.49. The summed E-state index contributed by atoms with van der Waals surface area (Å²) in [5, 5.41) is 14.1. The highest BCUT2D eigenvalue weighted by atomic mass is 16.6. The molecule has 0 aromatic heterocycles. The number of piperazine rings is 1. The molecular weight excluding hydrogens is 400 g/mol. The summed E-state index contributed by atoms with van der Waals surface area (Å²) in [7, 11) is 0. The highest BCUT2D eigenvalue weighted by Crippen LogP contribution is 2.31. The molecule has 1 amide bonds. The summed E-state index contributed by atoms with van der Waals surface area (Å²) < 4.78 is 11.2. The number of hydrogen-bond acceptors (Lipinski definition) is 7. The second kappa shape index (κ2) is 9.65. The molecule has 2 heterocycles. The van der Waals surface area contributed by atoms with Gasteiger partial charge in [0.25, 0.3) is 5.69 Å². The van der Waals surface area contributed by atoms with Crippen LogP contribution in [0.1, 0.15) is 12.0 Å². The highest BCUT2D eigenvalue weighted by Gasteiger charge is 2.22. The standard InChI is InChI=1S/C22H26N4O5/c27-22(7-8-23-18-3-1-2-4-19(18)26(28)29)25-11-9-24(10-12-25)16-17-5-6-20-21(15-17)31-14-13-30-20/h1-6,15,23H,7-14,16H2. The largest absolute Gasteiger partial charge is 0.486 e. The number of amides is 1. The molecular formula is C22H26N4O5. The van der Waals surface area contributed by atoms with Crippen molar-refractivity contribution in [2.45, 2.75) is 13.0 Å². The Labute approximate surface area is 180 Å². The van der Waals surface area contributed by atoms with Crippen molar-refractivity contribution in [1.82, 2.24) is 9.80 Å². The molecule has 0 spiro atoms. The van der Waals surface area contributed by atoms with E-state index in [2.05, 4.69) is 16.3 Å². The topological polar surface area (TPSA) is 97.2 Å². The molecule has 1 fully saturated rings. The number of ether oxygens (including phenoxy) is 2. The minimum atomic E-state index is -0.426. The minimum absolute atomic E-state index is 0.0164. The lowest BCUT2D eigenvalue weighted by Crippen LogP contribution is -2.48. The molecule has 164 valence electrons. The normalized spacial score (nSPS) is 16.1. The number of fused-ring (bicyclic) bond motifs is 1. The van der Waals surface area contributed by atoms with Crippen LogP contribution in [0.4, 0.5) is 11.4 Å². The zero-order chi connectivity index (χ0) is 21.6. The molecule has 0 saturated carbocycles. The van der Waals surface area contributed by atoms with E-state index in [0.29, 0.717) is 45.0 Å². The smallest absolute Gasteiger partial charge is 0.292 e. The first-order valence-corrected chi connectivity index (χ1v) is 10.5. The van der Waals surface area contributed by atoms with Gasteiger partial charge in [-0.25, -0.2) is 0 Å². The van der Waals surface area contributed by atoms with Gasteiger partial charge in [-0.2, -0.15) is 0 Å². The first kappa shape index (κ1) is 20.9. The Morgan fingerprint density at radius 3 is 2.55 bits per heavy atom. The van der Waals surface area contributed by atoms with Crippen LogP contribution in [0.2, 0.25) is 0 Å². The summed E-state index contributed by atoms with van der Waals surface area (Å²) in [6, 6.07) is 12.5. The zero-order valence-corrected chi connectivity index (χ0v) is 17.3. The van der Waals surface area contributed by atoms with E-state index in [-0.39, 0.29) is 11.6 Å². The lowest BCUT2D eigenvalue weighted by Gasteiger charge is -2.35. The fraction of sp³-hybridized carbons (Fsp3) is 0.409. The Bertz CT molecular complexity index is 943. The summed E-state index contributed by atoms with van der Waals surface area (Å²) >= 11 is 0. The summed E-state index contributed by atoms with van der Waals surface area (Å²) in [5.74, 6) is 1.65. The third kappa shape index (κ3) is 5.24. The van der Waals surface area contributed by atoms with Gasteiger partial charge in [-0.3, -0.25) is 19.8 Å². The Balaban J connectivity index is 1.22. The maximum atomic E-state index is 12.5. The monoisotopic (exact) mass is 426 g/mol. The quantitative estimate of drug-likeness (QED) is 0.537. The van der Waals surface area contributed by atoms with Crippen molar-refractivity contribution in [2.24, 2.45) is 0 Å². The van der Waals surface area contributed by atoms with Crippen LogP contribution in [-0.2, 0) is 11.3 Å². The molecule has 2 aliphatic heterocycles. The number of nitrogens with one attached hydrogen (secondary N) is 1. The zero-order valence-electron chi connectivity index (χ0n) is 17.3. The molecule has 1 N–H and O–H groups in total. The van der Waals surface area contributed by atoms with Crippen LogP contribution >= 0.6 is 0 Å². The van der Waals surface area contributed by atoms with E-state index in [1.165, 1.54) is 6.07 Å². The van der Waals surface area contributed by atoms with Crippen molar-refractivity contribution < 1.29 is 19.2 Å². The molecule has 9 nitrogen and oxygen atoms in total. The fourth-order valence-corrected chi connectivity index (χ4v) is 3.84. The van der Waals surface area contributed by atoms with Crippen molar-refractivity contribution in [3.05, 3.63) is 58.1 Å². The molecule has 4 rings (SSSR count). The molecule has 0 bridgehead atoms. The molecule has 2 aromatic rings. The summed E-state index contributed by atoms with van der Waals surface area (Å²) in [5.41, 5.74) is 1.62. The van der Waals surface area contributed by atoms with E-state index in [1.54, 1.807) is 18.2 Å². The second-order valence-corrected chi connectivity index (χ2v) is 7.59. The number of carbonyl (C=O) groups is 1. The van der Waals surface area contributed by atoms with Gasteiger partial charge in [0.2, 0.25) is 5.91 Å². The average molecular weight is 426 g/mol. The van der Waals surface area contributed by atoms with Crippen molar-refractivity contribution in [3.8, 4) is 11.5 Å². The molecule has 31 heavy (non-hydrogen) atoms. The molecule has 0 atom stereocenters. The number of nitrogens with zero attached hydrogens (tertiary/aromatic N) is 3. The van der Waals surface area contributed by atoms with Crippen LogP contribution in [0.15, 0.2) is 42.5 Å². The van der Waals surface area contributed by atoms with Gasteiger partial charge < -0.3 is 19.7 Å². The Kier molecular flexibility index (Phi) is 6.51. The van der Waals surface area contributed by atoms with Crippen LogP contribution in [0.25, 0.3) is 0 Å². The van der Waals surface area contributed by atoms with Crippen LogP contribution in [0.3, 0.4) is 0 Å². The molecule has 0 radical (unpaired) electrons. The van der Waals surface area contributed by atoms with Gasteiger partial charge in [-0.15, -0.1) is 0 Å². The van der Waals surface area contributed by atoms with E-state index in [1.807, 2.05) is 17.0 Å². The van der Waals surface area contributed by atoms with Gasteiger partial charge in [0, 0.05) is 51.8 Å². The van der Waals surface area contributed by atoms with Gasteiger partial charge in [0.15, 0.2) is 11.5 Å². The number of benzene rings is 2. The summed E-state index contributed by atoms with van der Waals surface area (Å²) in [4.78, 5) is 27.4. The van der Waals surface area contributed by atoms with Crippen LogP contribution < -0.4 is 14.8 Å². The number of para-hydroxylation sites is 2. The Hall–Kier alpha value is -3.33. The third-order valence-electron chi connectivity index (χ3n) is 5.49. The van der Waals surface area contributed by atoms with Gasteiger partial charge in [-0.1, -0.05) is 18.2 Å². The number of carbonyl (C=O) groups excluding carboxylic acids is 1. The predicted octanol–water partition coefficient (Wildman–Crippen LogP) is 2.51. The molecule has 0 aliphatic carbocycles. The number of hydrogen-bond donors (Lipinski definition) is 1. The van der Waals surface area contributed by atoms with Crippen molar-refractivity contribution in [2.75, 3.05) is 51.3 Å². The molecule has 1 saturated heterocycles. The maximum Gasteiger partial charge on any atom is 0.292 e. The van der Waals surface area contributed by atoms with E-state index >= 15 is 0 Å². The Morgan fingerprint density at radius 2 is 1.77 bits per heavy atom. The number of anilines is 1. The first-order chi connectivity index (χ1) is 15.1. The number of nitro groups is 1. The van der Waals surface area contributed by atoms with E-state index in [9.17, 15) is 14.9 Å². The van der Waals surface area contributed by atoms with Gasteiger partial charge in [0.05, 0.1) is 4.92 Å². The second-order valence-electron chi connectivity index (χ2n) is 7.59. The lowest BCUT2D eigenvalue weighted by molar-refractivity contribution is -0.384. The molecule has 9 heteroatoms. The Morgan fingerprint density at radius 1 is 1.03 bits per heavy atom. The highest BCUT2D eigenvalue weighted by molar-refractivity contribution is 5.77. The van der Waals surface area contributed by atoms with Crippen LogP contribution in [0.5, 0.6) is 11.5 Å². The number of nitro benzene ring substituents is 1. The van der Waals surface area contributed by atoms with Crippen molar-refractivity contribution >= 4 is 17.3 Å². The van der Waals surface area contributed by atoms with E-state index in [0.717, 1.165) is 36.7 Å². The minimum Gasteiger partial charge on any atom is -0.486 e. The average Bonchev–Trinajstić information content (AvgIpc) is 2.79. The van der Waals surface area contributed by atoms with Gasteiger partial charge >= 0.3 is 0 Å². The predicted molar refractivity (Wildman–Crippen MR) is 115 cm³/mol. The fourth-order valence-electron chi connectivity index (χ4n) is 3.84. The number of rotatable bonds is 7. The van der Waals surface area contributed by atoms with Crippen molar-refractivity contribution in [1.29, 1.82) is 0 Å². The van der Waals surface area contributed by atoms with Gasteiger partial charge in [0.1, 0.15) is 18.9 Å². The van der Waals surface area contributed by atoms with Crippen LogP contribution in [0, 0.1) is 10.1 Å². The van der Waals surface area contributed by atoms with E-state index in [4.69, 9.17) is 9.47 Å². The molecule has 2 aromatic carbocycles. The van der Waals surface area contributed by atoms with E-state index < -0.39 is 4.92 Å². The first-order valence-electron chi connectivity index (χ1n) is 10.5.